The summed E-state index contributed by atoms with van der Waals surface area (Å²) in [5.74, 6) is 0.238. The van der Waals surface area contributed by atoms with Gasteiger partial charge < -0.3 is 14.5 Å². The van der Waals surface area contributed by atoms with Crippen molar-refractivity contribution in [3.8, 4) is 5.75 Å². The Hall–Kier alpha value is -4.62. The second-order valence-corrected chi connectivity index (χ2v) is 10.4. The summed E-state index contributed by atoms with van der Waals surface area (Å²) in [4.78, 5) is 32.3. The SMILES string of the molecule is O=C(c1ccc(C=C2Oc3ccccc3N(Cc3ccc(Cl)cc3)C2=O)cc1)N1CCN(c2ccc(F)cc2)CC1. The lowest BCUT2D eigenvalue weighted by Gasteiger charge is -2.36. The molecule has 0 bridgehead atoms. The van der Waals surface area contributed by atoms with Crippen molar-refractivity contribution in [1.82, 2.24) is 4.90 Å². The zero-order valence-electron chi connectivity index (χ0n) is 22.2. The van der Waals surface area contributed by atoms with Gasteiger partial charge in [0.1, 0.15) is 5.82 Å². The number of fused-ring (bicyclic) bond motifs is 1. The van der Waals surface area contributed by atoms with Crippen molar-refractivity contribution in [3.63, 3.8) is 0 Å². The zero-order valence-corrected chi connectivity index (χ0v) is 22.9. The van der Waals surface area contributed by atoms with E-state index < -0.39 is 0 Å². The van der Waals surface area contributed by atoms with Crippen LogP contribution in [0.5, 0.6) is 5.75 Å². The Balaban J connectivity index is 1.15. The molecule has 2 amide bonds. The number of amides is 2. The van der Waals surface area contributed by atoms with E-state index in [-0.39, 0.29) is 23.4 Å². The van der Waals surface area contributed by atoms with E-state index in [1.54, 1.807) is 47.4 Å². The summed E-state index contributed by atoms with van der Waals surface area (Å²) in [5, 5.41) is 0.636. The summed E-state index contributed by atoms with van der Waals surface area (Å²) in [7, 11) is 0. The molecule has 6 rings (SSSR count). The third kappa shape index (κ3) is 5.81. The third-order valence-corrected chi connectivity index (χ3v) is 7.55. The van der Waals surface area contributed by atoms with Crippen LogP contribution in [0.4, 0.5) is 15.8 Å². The van der Waals surface area contributed by atoms with Crippen molar-refractivity contribution in [1.29, 1.82) is 0 Å². The smallest absolute Gasteiger partial charge is 0.294 e. The van der Waals surface area contributed by atoms with Crippen molar-refractivity contribution in [2.24, 2.45) is 0 Å². The first-order valence-electron chi connectivity index (χ1n) is 13.4. The molecule has 4 aromatic carbocycles. The highest BCUT2D eigenvalue weighted by Gasteiger charge is 2.30. The predicted molar refractivity (Wildman–Crippen MR) is 159 cm³/mol. The molecule has 0 atom stereocenters. The molecule has 41 heavy (non-hydrogen) atoms. The van der Waals surface area contributed by atoms with Gasteiger partial charge in [-0.25, -0.2) is 4.39 Å². The summed E-state index contributed by atoms with van der Waals surface area (Å²) in [6, 6.07) is 28.4. The van der Waals surface area contributed by atoms with Gasteiger partial charge in [0.15, 0.2) is 11.5 Å². The first-order valence-corrected chi connectivity index (χ1v) is 13.8. The van der Waals surface area contributed by atoms with Crippen LogP contribution >= 0.6 is 11.6 Å². The van der Waals surface area contributed by atoms with Crippen LogP contribution in [0, 0.1) is 5.82 Å². The fraction of sp³-hybridized carbons (Fsp3) is 0.152. The van der Waals surface area contributed by atoms with E-state index in [9.17, 15) is 14.0 Å². The van der Waals surface area contributed by atoms with E-state index in [1.165, 1.54) is 12.1 Å². The van der Waals surface area contributed by atoms with Gasteiger partial charge in [-0.3, -0.25) is 14.5 Å². The van der Waals surface area contributed by atoms with Crippen molar-refractivity contribution in [2.75, 3.05) is 36.0 Å². The fourth-order valence-corrected chi connectivity index (χ4v) is 5.19. The molecule has 0 radical (unpaired) electrons. The van der Waals surface area contributed by atoms with Gasteiger partial charge in [-0.1, -0.05) is 48.0 Å². The number of benzene rings is 4. The number of hydrogen-bond acceptors (Lipinski definition) is 4. The molecule has 0 saturated carbocycles. The maximum atomic E-state index is 13.5. The summed E-state index contributed by atoms with van der Waals surface area (Å²) in [6.07, 6.45) is 1.70. The lowest BCUT2D eigenvalue weighted by atomic mass is 10.1. The molecule has 0 N–H and O–H groups in total. The van der Waals surface area contributed by atoms with Gasteiger partial charge in [0.2, 0.25) is 0 Å². The number of piperazine rings is 1. The van der Waals surface area contributed by atoms with E-state index in [0.717, 1.165) is 16.8 Å². The number of halogens is 2. The Kier molecular flexibility index (Phi) is 7.44. The molecule has 0 aromatic heterocycles. The first kappa shape index (κ1) is 26.6. The maximum absolute atomic E-state index is 13.5. The van der Waals surface area contributed by atoms with Crippen LogP contribution in [0.2, 0.25) is 5.02 Å². The first-order chi connectivity index (χ1) is 19.9. The average Bonchev–Trinajstić information content (AvgIpc) is 3.01. The molecule has 2 aliphatic rings. The Morgan fingerprint density at radius 2 is 1.54 bits per heavy atom. The topological polar surface area (TPSA) is 53.1 Å². The summed E-state index contributed by atoms with van der Waals surface area (Å²) >= 11 is 6.04. The highest BCUT2D eigenvalue weighted by molar-refractivity contribution is 6.30. The van der Waals surface area contributed by atoms with Crippen LogP contribution in [0.3, 0.4) is 0 Å². The highest BCUT2D eigenvalue weighted by Crippen LogP contribution is 2.36. The van der Waals surface area contributed by atoms with E-state index in [2.05, 4.69) is 4.90 Å². The molecule has 1 saturated heterocycles. The summed E-state index contributed by atoms with van der Waals surface area (Å²) < 4.78 is 19.3. The lowest BCUT2D eigenvalue weighted by molar-refractivity contribution is -0.117. The molecule has 4 aromatic rings. The molecule has 0 aliphatic carbocycles. The Morgan fingerprint density at radius 3 is 2.24 bits per heavy atom. The van der Waals surface area contributed by atoms with Crippen LogP contribution < -0.4 is 14.5 Å². The third-order valence-electron chi connectivity index (χ3n) is 7.30. The number of carbonyl (C=O) groups is 2. The van der Waals surface area contributed by atoms with Crippen LogP contribution in [0.1, 0.15) is 21.5 Å². The Morgan fingerprint density at radius 1 is 0.854 bits per heavy atom. The van der Waals surface area contributed by atoms with Crippen molar-refractivity contribution >= 4 is 40.9 Å². The number of carbonyl (C=O) groups excluding carboxylic acids is 2. The van der Waals surface area contributed by atoms with E-state index in [4.69, 9.17) is 16.3 Å². The molecule has 8 heteroatoms. The average molecular weight is 568 g/mol. The molecule has 2 aliphatic heterocycles. The quantitative estimate of drug-likeness (QED) is 0.262. The minimum atomic E-state index is -0.263. The number of hydrogen-bond donors (Lipinski definition) is 0. The maximum Gasteiger partial charge on any atom is 0.294 e. The number of rotatable bonds is 5. The number of ether oxygens (including phenoxy) is 1. The minimum absolute atomic E-state index is 0.0454. The van der Waals surface area contributed by atoms with Crippen LogP contribution in [-0.2, 0) is 11.3 Å². The van der Waals surface area contributed by atoms with Gasteiger partial charge in [-0.2, -0.15) is 0 Å². The molecular formula is C33H27ClFN3O3. The van der Waals surface area contributed by atoms with Gasteiger partial charge in [-0.15, -0.1) is 0 Å². The number of anilines is 2. The number of nitrogens with zero attached hydrogens (tertiary/aromatic N) is 3. The summed E-state index contributed by atoms with van der Waals surface area (Å²) in [5.41, 5.74) is 3.92. The second kappa shape index (κ2) is 11.5. The predicted octanol–water partition coefficient (Wildman–Crippen LogP) is 6.41. The Labute approximate surface area is 242 Å². The molecule has 0 spiro atoms. The van der Waals surface area contributed by atoms with Gasteiger partial charge in [-0.05, 0) is 77.9 Å². The van der Waals surface area contributed by atoms with Crippen molar-refractivity contribution < 1.29 is 18.7 Å². The molecule has 0 unspecified atom stereocenters. The number of para-hydroxylation sites is 2. The molecular weight excluding hydrogens is 541 g/mol. The van der Waals surface area contributed by atoms with Gasteiger partial charge in [0.25, 0.3) is 11.8 Å². The largest absolute Gasteiger partial charge is 0.449 e. The van der Waals surface area contributed by atoms with Crippen LogP contribution in [0.15, 0.2) is 103 Å². The molecule has 2 heterocycles. The van der Waals surface area contributed by atoms with Crippen LogP contribution in [-0.4, -0.2) is 42.9 Å². The van der Waals surface area contributed by atoms with Gasteiger partial charge in [0.05, 0.1) is 12.2 Å². The molecule has 1 fully saturated rings. The van der Waals surface area contributed by atoms with Gasteiger partial charge in [0, 0.05) is 42.5 Å². The van der Waals surface area contributed by atoms with E-state index in [0.29, 0.717) is 54.7 Å². The normalized spacial score (nSPS) is 16.0. The van der Waals surface area contributed by atoms with Crippen LogP contribution in [0.25, 0.3) is 6.08 Å². The molecule has 6 nitrogen and oxygen atoms in total. The van der Waals surface area contributed by atoms with E-state index >= 15 is 0 Å². The van der Waals surface area contributed by atoms with Crippen molar-refractivity contribution in [2.45, 2.75) is 6.54 Å². The monoisotopic (exact) mass is 567 g/mol. The fourth-order valence-electron chi connectivity index (χ4n) is 5.07. The summed E-state index contributed by atoms with van der Waals surface area (Å²) in [6.45, 7) is 2.88. The zero-order chi connectivity index (χ0) is 28.3. The lowest BCUT2D eigenvalue weighted by Crippen LogP contribution is -2.48. The van der Waals surface area contributed by atoms with Crippen molar-refractivity contribution in [3.05, 3.63) is 130 Å². The second-order valence-electron chi connectivity index (χ2n) is 9.97. The van der Waals surface area contributed by atoms with E-state index in [1.807, 2.05) is 53.4 Å². The highest BCUT2D eigenvalue weighted by atomic mass is 35.5. The van der Waals surface area contributed by atoms with Gasteiger partial charge >= 0.3 is 0 Å². The Bertz CT molecular complexity index is 1600. The standard InChI is InChI=1S/C33H27ClFN3O3/c34-26-11-7-24(8-12-26)22-38-29-3-1-2-4-30(29)41-31(33(38)40)21-23-5-9-25(10-6-23)32(39)37-19-17-36(18-20-37)28-15-13-27(35)14-16-28/h1-16,21H,17-20,22H2. The molecule has 206 valence electrons. The minimum Gasteiger partial charge on any atom is -0.449 e.